The number of aliphatic carboxylic acids is 2. The molecule has 0 bridgehead atoms. The number of aldehydes is 2. The Morgan fingerprint density at radius 1 is 1.19 bits per heavy atom. The largest absolute Gasteiger partial charge is 0.481 e. The lowest BCUT2D eigenvalue weighted by Gasteiger charge is -2.37. The lowest BCUT2D eigenvalue weighted by Crippen LogP contribution is -2.34. The summed E-state index contributed by atoms with van der Waals surface area (Å²) in [4.78, 5) is 46.1. The van der Waals surface area contributed by atoms with Crippen LogP contribution in [-0.4, -0.2) is 34.7 Å². The molecule has 2 N–H and O–H groups in total. The molecule has 26 heavy (non-hydrogen) atoms. The van der Waals surface area contributed by atoms with Crippen LogP contribution in [0.15, 0.2) is 18.2 Å². The molecule has 1 aromatic rings. The number of hydrogen-bond donors (Lipinski definition) is 2. The van der Waals surface area contributed by atoms with Gasteiger partial charge in [-0.1, -0.05) is 39.0 Å². The minimum atomic E-state index is -1.10. The van der Waals surface area contributed by atoms with Gasteiger partial charge < -0.3 is 19.8 Å². The van der Waals surface area contributed by atoms with Gasteiger partial charge in [0.05, 0.1) is 12.3 Å². The molecular weight excluding hydrogens is 336 g/mol. The predicted molar refractivity (Wildman–Crippen MR) is 94.2 cm³/mol. The van der Waals surface area contributed by atoms with E-state index in [0.717, 1.165) is 5.56 Å². The van der Waals surface area contributed by atoms with Crippen molar-refractivity contribution >= 4 is 24.5 Å². The first kappa shape index (κ1) is 19.8. The van der Waals surface area contributed by atoms with E-state index in [1.54, 1.807) is 12.1 Å². The SMILES string of the molecule is CC(C)(C)c1ccc2c(c1)C(C(=O)O)C(C=O)CC2C(C=O)CC(=O)O. The van der Waals surface area contributed by atoms with E-state index in [9.17, 15) is 24.3 Å². The van der Waals surface area contributed by atoms with Crippen molar-refractivity contribution in [3.8, 4) is 0 Å². The van der Waals surface area contributed by atoms with Crippen molar-refractivity contribution in [2.24, 2.45) is 11.8 Å². The van der Waals surface area contributed by atoms with Gasteiger partial charge in [0.25, 0.3) is 0 Å². The fourth-order valence-corrected chi connectivity index (χ4v) is 3.78. The van der Waals surface area contributed by atoms with Gasteiger partial charge in [0.2, 0.25) is 0 Å². The van der Waals surface area contributed by atoms with Crippen molar-refractivity contribution in [3.63, 3.8) is 0 Å². The van der Waals surface area contributed by atoms with Gasteiger partial charge >= 0.3 is 11.9 Å². The van der Waals surface area contributed by atoms with Crippen LogP contribution in [0.3, 0.4) is 0 Å². The van der Waals surface area contributed by atoms with Crippen LogP contribution in [0, 0.1) is 11.8 Å². The minimum absolute atomic E-state index is 0.152. The fourth-order valence-electron chi connectivity index (χ4n) is 3.78. The smallest absolute Gasteiger partial charge is 0.311 e. The molecule has 0 fully saturated rings. The molecular formula is C20H24O6. The zero-order chi connectivity index (χ0) is 19.6. The highest BCUT2D eigenvalue weighted by Crippen LogP contribution is 2.46. The van der Waals surface area contributed by atoms with Gasteiger partial charge in [-0.15, -0.1) is 0 Å². The van der Waals surface area contributed by atoms with Gasteiger partial charge in [-0.25, -0.2) is 0 Å². The first-order valence-electron chi connectivity index (χ1n) is 8.59. The van der Waals surface area contributed by atoms with E-state index in [4.69, 9.17) is 5.11 Å². The number of carbonyl (C=O) groups is 4. The van der Waals surface area contributed by atoms with Crippen LogP contribution in [0.2, 0.25) is 0 Å². The molecule has 1 aromatic carbocycles. The summed E-state index contributed by atoms with van der Waals surface area (Å²) >= 11 is 0. The van der Waals surface area contributed by atoms with E-state index in [1.807, 2.05) is 26.8 Å². The number of carboxylic acids is 2. The van der Waals surface area contributed by atoms with E-state index in [0.29, 0.717) is 23.7 Å². The first-order chi connectivity index (χ1) is 12.1. The summed E-state index contributed by atoms with van der Waals surface area (Å²) in [5.41, 5.74) is 1.87. The molecule has 0 saturated carbocycles. The summed E-state index contributed by atoms with van der Waals surface area (Å²) in [5, 5.41) is 18.8. The Bertz CT molecular complexity index is 730. The highest BCUT2D eigenvalue weighted by Gasteiger charge is 2.42. The molecule has 0 aromatic heterocycles. The summed E-state index contributed by atoms with van der Waals surface area (Å²) in [5.74, 6) is -5.26. The molecule has 0 aliphatic heterocycles. The molecule has 140 valence electrons. The summed E-state index contributed by atoms with van der Waals surface area (Å²) in [6, 6.07) is 5.46. The summed E-state index contributed by atoms with van der Waals surface area (Å²) in [6.07, 6.45) is 1.02. The second kappa shape index (κ2) is 7.40. The minimum Gasteiger partial charge on any atom is -0.481 e. The molecule has 4 unspecified atom stereocenters. The molecule has 0 spiro atoms. The molecule has 0 amide bonds. The van der Waals surface area contributed by atoms with E-state index < -0.39 is 35.6 Å². The van der Waals surface area contributed by atoms with Crippen LogP contribution < -0.4 is 0 Å². The normalized spacial score (nSPS) is 23.6. The Morgan fingerprint density at radius 2 is 1.85 bits per heavy atom. The van der Waals surface area contributed by atoms with Crippen molar-refractivity contribution in [2.75, 3.05) is 0 Å². The second-order valence-electron chi connectivity index (χ2n) is 7.95. The van der Waals surface area contributed by atoms with E-state index >= 15 is 0 Å². The number of rotatable bonds is 6. The summed E-state index contributed by atoms with van der Waals surface area (Å²) in [7, 11) is 0. The van der Waals surface area contributed by atoms with Crippen molar-refractivity contribution < 1.29 is 29.4 Å². The van der Waals surface area contributed by atoms with Crippen LogP contribution in [0.25, 0.3) is 0 Å². The molecule has 1 aliphatic rings. The maximum absolute atomic E-state index is 11.8. The quantitative estimate of drug-likeness (QED) is 0.755. The molecule has 0 radical (unpaired) electrons. The number of hydrogen-bond acceptors (Lipinski definition) is 4. The van der Waals surface area contributed by atoms with E-state index in [1.165, 1.54) is 0 Å². The molecule has 2 rings (SSSR count). The van der Waals surface area contributed by atoms with Gasteiger partial charge in [0, 0.05) is 11.8 Å². The maximum Gasteiger partial charge on any atom is 0.311 e. The third kappa shape index (κ3) is 3.84. The summed E-state index contributed by atoms with van der Waals surface area (Å²) < 4.78 is 0. The van der Waals surface area contributed by atoms with E-state index in [2.05, 4.69) is 0 Å². The van der Waals surface area contributed by atoms with E-state index in [-0.39, 0.29) is 18.3 Å². The predicted octanol–water partition coefficient (Wildman–Crippen LogP) is 2.74. The van der Waals surface area contributed by atoms with Gasteiger partial charge in [-0.3, -0.25) is 9.59 Å². The maximum atomic E-state index is 11.8. The third-order valence-electron chi connectivity index (χ3n) is 5.18. The Balaban J connectivity index is 2.64. The van der Waals surface area contributed by atoms with Gasteiger partial charge in [-0.2, -0.15) is 0 Å². The van der Waals surface area contributed by atoms with Crippen LogP contribution in [0.4, 0.5) is 0 Å². The van der Waals surface area contributed by atoms with Gasteiger partial charge in [0.1, 0.15) is 12.6 Å². The standard InChI is InChI=1S/C20H24O6/c1-20(2,3)13-4-5-14-15(11(9-21)7-17(23)24)6-12(10-22)18(19(25)26)16(14)8-13/h4-5,8-12,15,18H,6-7H2,1-3H3,(H,23,24)(H,25,26). The van der Waals surface area contributed by atoms with Gasteiger partial charge in [0.15, 0.2) is 0 Å². The highest BCUT2D eigenvalue weighted by atomic mass is 16.4. The zero-order valence-corrected chi connectivity index (χ0v) is 15.1. The van der Waals surface area contributed by atoms with Crippen molar-refractivity contribution in [2.45, 2.75) is 50.9 Å². The molecule has 6 heteroatoms. The monoisotopic (exact) mass is 360 g/mol. The molecule has 6 nitrogen and oxygen atoms in total. The number of carbonyl (C=O) groups excluding carboxylic acids is 2. The Hall–Kier alpha value is -2.50. The van der Waals surface area contributed by atoms with Gasteiger partial charge in [-0.05, 0) is 34.4 Å². The van der Waals surface area contributed by atoms with Crippen molar-refractivity contribution in [1.82, 2.24) is 0 Å². The fraction of sp³-hybridized carbons (Fsp3) is 0.500. The average molecular weight is 360 g/mol. The molecule has 4 atom stereocenters. The average Bonchev–Trinajstić information content (AvgIpc) is 2.56. The number of fused-ring (bicyclic) bond motifs is 1. The van der Waals surface area contributed by atoms with Crippen LogP contribution in [0.5, 0.6) is 0 Å². The Morgan fingerprint density at radius 3 is 2.31 bits per heavy atom. The van der Waals surface area contributed by atoms with Crippen LogP contribution in [-0.2, 0) is 24.6 Å². The third-order valence-corrected chi connectivity index (χ3v) is 5.18. The van der Waals surface area contributed by atoms with Crippen molar-refractivity contribution in [3.05, 3.63) is 34.9 Å². The summed E-state index contributed by atoms with van der Waals surface area (Å²) in [6.45, 7) is 6.00. The van der Waals surface area contributed by atoms with Crippen LogP contribution in [0.1, 0.15) is 62.1 Å². The topological polar surface area (TPSA) is 109 Å². The van der Waals surface area contributed by atoms with Crippen LogP contribution >= 0.6 is 0 Å². The molecule has 0 saturated heterocycles. The number of carboxylic acid groups (broad SMARTS) is 2. The number of benzene rings is 1. The molecule has 0 heterocycles. The first-order valence-corrected chi connectivity index (χ1v) is 8.59. The Labute approximate surface area is 152 Å². The molecule has 1 aliphatic carbocycles. The lowest BCUT2D eigenvalue weighted by atomic mass is 9.65. The second-order valence-corrected chi connectivity index (χ2v) is 7.95. The zero-order valence-electron chi connectivity index (χ0n) is 15.1. The van der Waals surface area contributed by atoms with Crippen molar-refractivity contribution in [1.29, 1.82) is 0 Å². The lowest BCUT2D eigenvalue weighted by molar-refractivity contribution is -0.143. The Kier molecular flexibility index (Phi) is 5.64. The highest BCUT2D eigenvalue weighted by molar-refractivity contribution is 5.83.